The number of carbonyl (C=O) groups excluding carboxylic acids is 2. The van der Waals surface area contributed by atoms with Crippen molar-refractivity contribution < 1.29 is 14.0 Å². The lowest BCUT2D eigenvalue weighted by atomic mass is 9.90. The second kappa shape index (κ2) is 8.21. The second-order valence-electron chi connectivity index (χ2n) is 8.92. The number of fused-ring (bicyclic) bond motifs is 1. The van der Waals surface area contributed by atoms with Gasteiger partial charge in [0.25, 0.3) is 11.8 Å². The summed E-state index contributed by atoms with van der Waals surface area (Å²) in [7, 11) is 3.79. The Labute approximate surface area is 182 Å². The van der Waals surface area contributed by atoms with Gasteiger partial charge in [0.15, 0.2) is 11.3 Å². The van der Waals surface area contributed by atoms with Gasteiger partial charge in [-0.2, -0.15) is 0 Å². The summed E-state index contributed by atoms with van der Waals surface area (Å²) >= 11 is 0. The van der Waals surface area contributed by atoms with Gasteiger partial charge in [-0.25, -0.2) is 0 Å². The van der Waals surface area contributed by atoms with Gasteiger partial charge in [-0.05, 0) is 55.2 Å². The lowest BCUT2D eigenvalue weighted by molar-refractivity contribution is -0.130. The molecule has 2 fully saturated rings. The quantitative estimate of drug-likeness (QED) is 0.571. The van der Waals surface area contributed by atoms with Gasteiger partial charge in [0.05, 0.1) is 6.20 Å². The molecular formula is C24H30N4O3. The van der Waals surface area contributed by atoms with Crippen molar-refractivity contribution in [3.05, 3.63) is 54.2 Å². The molecule has 4 rings (SSSR count). The summed E-state index contributed by atoms with van der Waals surface area (Å²) in [6, 6.07) is 3.58. The van der Waals surface area contributed by atoms with Crippen LogP contribution >= 0.6 is 0 Å². The van der Waals surface area contributed by atoms with E-state index < -0.39 is 0 Å². The summed E-state index contributed by atoms with van der Waals surface area (Å²) in [6.07, 6.45) is 8.08. The van der Waals surface area contributed by atoms with Crippen LogP contribution in [0.3, 0.4) is 0 Å². The Hall–Kier alpha value is -3.09. The van der Waals surface area contributed by atoms with E-state index in [9.17, 15) is 9.59 Å². The third-order valence-corrected chi connectivity index (χ3v) is 6.79. The Morgan fingerprint density at radius 2 is 2.13 bits per heavy atom. The molecule has 0 bridgehead atoms. The molecule has 31 heavy (non-hydrogen) atoms. The molecule has 7 nitrogen and oxygen atoms in total. The van der Waals surface area contributed by atoms with E-state index in [1.165, 1.54) is 0 Å². The van der Waals surface area contributed by atoms with Crippen LogP contribution in [0, 0.1) is 11.3 Å². The van der Waals surface area contributed by atoms with Gasteiger partial charge in [-0.15, -0.1) is 0 Å². The first-order chi connectivity index (χ1) is 14.8. The molecule has 1 N–H and O–H groups in total. The minimum Gasteiger partial charge on any atom is -0.449 e. The SMILES string of the molecule is C=CC(C)=C(C(=O)N1CCC2(CC1)CC2CNC(=O)c1cc2ccncc2o1)N(C)C. The highest BCUT2D eigenvalue weighted by atomic mass is 16.3. The predicted molar refractivity (Wildman–Crippen MR) is 119 cm³/mol. The molecule has 1 unspecified atom stereocenters. The summed E-state index contributed by atoms with van der Waals surface area (Å²) in [5, 5.41) is 3.90. The molecule has 1 saturated carbocycles. The largest absolute Gasteiger partial charge is 0.449 e. The molecule has 1 spiro atoms. The standard InChI is InChI=1S/C24H30N4O3/c1-5-16(2)21(27(3)4)23(30)28-10-7-24(8-11-28)13-18(24)14-26-22(29)19-12-17-6-9-25-15-20(17)31-19/h5-6,9,12,15,18H,1,7-8,10-11,13-14H2,2-4H3,(H,26,29). The molecule has 164 valence electrons. The van der Waals surface area contributed by atoms with Crippen LogP contribution in [0.4, 0.5) is 0 Å². The number of aromatic nitrogens is 1. The van der Waals surface area contributed by atoms with Crippen molar-refractivity contribution in [3.8, 4) is 0 Å². The number of allylic oxidation sites excluding steroid dienone is 2. The number of hydrogen-bond donors (Lipinski definition) is 1. The molecule has 2 aromatic rings. The Balaban J connectivity index is 1.30. The van der Waals surface area contributed by atoms with Crippen LogP contribution < -0.4 is 5.32 Å². The summed E-state index contributed by atoms with van der Waals surface area (Å²) in [5.41, 5.74) is 2.46. The molecule has 1 aliphatic carbocycles. The van der Waals surface area contributed by atoms with Crippen LogP contribution in [0.2, 0.25) is 0 Å². The summed E-state index contributed by atoms with van der Waals surface area (Å²) in [5.74, 6) is 0.658. The molecule has 0 radical (unpaired) electrons. The van der Waals surface area contributed by atoms with Gasteiger partial charge in [-0.1, -0.05) is 12.7 Å². The highest BCUT2D eigenvalue weighted by Crippen LogP contribution is 2.59. The lowest BCUT2D eigenvalue weighted by Gasteiger charge is -2.35. The fourth-order valence-electron chi connectivity index (χ4n) is 4.75. The van der Waals surface area contributed by atoms with Crippen molar-refractivity contribution in [1.82, 2.24) is 20.1 Å². The second-order valence-corrected chi connectivity index (χ2v) is 8.92. The third kappa shape index (κ3) is 4.09. The molecule has 2 amide bonds. The average Bonchev–Trinajstić information content (AvgIpc) is 3.23. The van der Waals surface area contributed by atoms with E-state index in [4.69, 9.17) is 4.42 Å². The van der Waals surface area contributed by atoms with Crippen molar-refractivity contribution in [2.24, 2.45) is 11.3 Å². The third-order valence-electron chi connectivity index (χ3n) is 6.79. The molecule has 1 atom stereocenters. The molecule has 1 aliphatic heterocycles. The number of likely N-dealkylation sites (tertiary alicyclic amines) is 1. The summed E-state index contributed by atoms with van der Waals surface area (Å²) < 4.78 is 5.60. The van der Waals surface area contributed by atoms with Crippen LogP contribution in [0.25, 0.3) is 11.0 Å². The van der Waals surface area contributed by atoms with Crippen LogP contribution in [0.15, 0.2) is 52.9 Å². The van der Waals surface area contributed by atoms with Crippen molar-refractivity contribution >= 4 is 22.8 Å². The maximum absolute atomic E-state index is 13.0. The molecule has 1 saturated heterocycles. The Kier molecular flexibility index (Phi) is 5.60. The van der Waals surface area contributed by atoms with Gasteiger partial charge in [0, 0.05) is 45.3 Å². The van der Waals surface area contributed by atoms with E-state index in [-0.39, 0.29) is 17.2 Å². The number of piperidine rings is 1. The van der Waals surface area contributed by atoms with Crippen LogP contribution in [0.5, 0.6) is 0 Å². The topological polar surface area (TPSA) is 78.7 Å². The van der Waals surface area contributed by atoms with Crippen LogP contribution in [0.1, 0.15) is 36.7 Å². The molecule has 0 aromatic carbocycles. The molecule has 7 heteroatoms. The van der Waals surface area contributed by atoms with E-state index in [0.29, 0.717) is 29.5 Å². The van der Waals surface area contributed by atoms with Gasteiger partial charge >= 0.3 is 0 Å². The maximum atomic E-state index is 13.0. The zero-order valence-corrected chi connectivity index (χ0v) is 18.5. The zero-order chi connectivity index (χ0) is 22.2. The Morgan fingerprint density at radius 3 is 2.77 bits per heavy atom. The highest BCUT2D eigenvalue weighted by molar-refractivity contribution is 5.96. The number of nitrogens with zero attached hydrogens (tertiary/aromatic N) is 3. The number of likely N-dealkylation sites (N-methyl/N-ethyl adjacent to an activating group) is 1. The number of nitrogens with one attached hydrogen (secondary N) is 1. The first-order valence-corrected chi connectivity index (χ1v) is 10.8. The number of rotatable bonds is 6. The van der Waals surface area contributed by atoms with E-state index >= 15 is 0 Å². The Morgan fingerprint density at radius 1 is 1.39 bits per heavy atom. The number of carbonyl (C=O) groups is 2. The normalized spacial score (nSPS) is 20.4. The number of amides is 2. The first kappa shape index (κ1) is 21.2. The minimum absolute atomic E-state index is 0.0714. The summed E-state index contributed by atoms with van der Waals surface area (Å²) in [6.45, 7) is 7.87. The van der Waals surface area contributed by atoms with Crippen molar-refractivity contribution in [3.63, 3.8) is 0 Å². The number of pyridine rings is 1. The van der Waals surface area contributed by atoms with Gasteiger partial charge in [0.1, 0.15) is 5.70 Å². The molecule has 2 aliphatic rings. The first-order valence-electron chi connectivity index (χ1n) is 10.8. The van der Waals surface area contributed by atoms with E-state index in [1.54, 1.807) is 24.5 Å². The van der Waals surface area contributed by atoms with Crippen molar-refractivity contribution in [1.29, 1.82) is 0 Å². The summed E-state index contributed by atoms with van der Waals surface area (Å²) in [4.78, 5) is 33.3. The van der Waals surface area contributed by atoms with E-state index in [1.807, 2.05) is 36.9 Å². The molecular weight excluding hydrogens is 392 g/mol. The van der Waals surface area contributed by atoms with Gasteiger partial charge in [-0.3, -0.25) is 14.6 Å². The zero-order valence-electron chi connectivity index (χ0n) is 18.5. The van der Waals surface area contributed by atoms with Crippen molar-refractivity contribution in [2.75, 3.05) is 33.7 Å². The number of hydrogen-bond acceptors (Lipinski definition) is 5. The van der Waals surface area contributed by atoms with Crippen molar-refractivity contribution in [2.45, 2.75) is 26.2 Å². The van der Waals surface area contributed by atoms with Crippen LogP contribution in [-0.2, 0) is 4.79 Å². The fraction of sp³-hybridized carbons (Fsp3) is 0.458. The average molecular weight is 423 g/mol. The lowest BCUT2D eigenvalue weighted by Crippen LogP contribution is -2.43. The van der Waals surface area contributed by atoms with Gasteiger partial charge in [0.2, 0.25) is 0 Å². The predicted octanol–water partition coefficient (Wildman–Crippen LogP) is 3.21. The Bertz CT molecular complexity index is 1010. The minimum atomic E-state index is -0.188. The molecule has 3 heterocycles. The van der Waals surface area contributed by atoms with Crippen LogP contribution in [-0.4, -0.2) is 60.3 Å². The number of furan rings is 1. The van der Waals surface area contributed by atoms with E-state index in [0.717, 1.165) is 43.3 Å². The fourth-order valence-corrected chi connectivity index (χ4v) is 4.75. The van der Waals surface area contributed by atoms with Gasteiger partial charge < -0.3 is 19.5 Å². The maximum Gasteiger partial charge on any atom is 0.287 e. The molecule has 2 aromatic heterocycles. The van der Waals surface area contributed by atoms with E-state index in [2.05, 4.69) is 16.9 Å². The highest BCUT2D eigenvalue weighted by Gasteiger charge is 2.55. The smallest absolute Gasteiger partial charge is 0.287 e. The monoisotopic (exact) mass is 422 g/mol.